The van der Waals surface area contributed by atoms with E-state index >= 15 is 0 Å². The fraction of sp³-hybridized carbons (Fsp3) is 0.714. The van der Waals surface area contributed by atoms with Gasteiger partial charge in [-0.3, -0.25) is 4.90 Å². The van der Waals surface area contributed by atoms with Gasteiger partial charge in [-0.05, 0) is 44.7 Å². The molecule has 3 atom stereocenters. The lowest BCUT2D eigenvalue weighted by atomic mass is 9.90. The predicted molar refractivity (Wildman–Crippen MR) is 73.5 cm³/mol. The van der Waals surface area contributed by atoms with Crippen LogP contribution >= 0.6 is 11.3 Å². The van der Waals surface area contributed by atoms with Crippen LogP contribution in [0.25, 0.3) is 0 Å². The first-order valence-corrected chi connectivity index (χ1v) is 7.49. The highest BCUT2D eigenvalue weighted by molar-refractivity contribution is 7.09. The van der Waals surface area contributed by atoms with E-state index < -0.39 is 0 Å². The van der Waals surface area contributed by atoms with Gasteiger partial charge >= 0.3 is 0 Å². The van der Waals surface area contributed by atoms with E-state index in [9.17, 15) is 5.11 Å². The van der Waals surface area contributed by atoms with Crippen molar-refractivity contribution in [3.63, 3.8) is 0 Å². The molecular formula is C14H23NOS. The molecule has 1 fully saturated rings. The zero-order valence-corrected chi connectivity index (χ0v) is 11.6. The highest BCUT2D eigenvalue weighted by atomic mass is 32.1. The van der Waals surface area contributed by atoms with Crippen molar-refractivity contribution >= 4 is 11.3 Å². The van der Waals surface area contributed by atoms with Crippen molar-refractivity contribution in [1.29, 1.82) is 0 Å². The van der Waals surface area contributed by atoms with E-state index in [1.807, 2.05) is 11.3 Å². The topological polar surface area (TPSA) is 23.5 Å². The summed E-state index contributed by atoms with van der Waals surface area (Å²) in [7, 11) is 2.16. The number of rotatable bonds is 4. The summed E-state index contributed by atoms with van der Waals surface area (Å²) in [6.45, 7) is 2.26. The van der Waals surface area contributed by atoms with E-state index in [2.05, 4.69) is 36.4 Å². The molecule has 0 amide bonds. The van der Waals surface area contributed by atoms with Crippen molar-refractivity contribution in [3.05, 3.63) is 22.4 Å². The van der Waals surface area contributed by atoms with Crippen LogP contribution in [0.5, 0.6) is 0 Å². The Morgan fingerprint density at radius 3 is 2.88 bits per heavy atom. The third-order valence-corrected chi connectivity index (χ3v) is 4.89. The Hall–Kier alpha value is -0.380. The lowest BCUT2D eigenvalue weighted by Crippen LogP contribution is -2.47. The number of likely N-dealkylation sites (N-methyl/N-ethyl adjacent to an activating group) is 1. The summed E-state index contributed by atoms with van der Waals surface area (Å²) in [6, 6.07) is 5.18. The molecule has 17 heavy (non-hydrogen) atoms. The highest BCUT2D eigenvalue weighted by Gasteiger charge is 2.28. The molecule has 2 rings (SSSR count). The molecule has 1 unspecified atom stereocenters. The largest absolute Gasteiger partial charge is 0.391 e. The summed E-state index contributed by atoms with van der Waals surface area (Å²) < 4.78 is 0. The summed E-state index contributed by atoms with van der Waals surface area (Å²) >= 11 is 1.83. The van der Waals surface area contributed by atoms with Crippen molar-refractivity contribution in [2.75, 3.05) is 7.05 Å². The number of hydrogen-bond donors (Lipinski definition) is 1. The molecule has 1 aliphatic rings. The van der Waals surface area contributed by atoms with E-state index in [1.54, 1.807) is 0 Å². The molecule has 1 N–H and O–H groups in total. The number of thiophene rings is 1. The smallest absolute Gasteiger partial charge is 0.0695 e. The Kier molecular flexibility index (Phi) is 4.60. The first kappa shape index (κ1) is 13.1. The van der Waals surface area contributed by atoms with Gasteiger partial charge < -0.3 is 5.11 Å². The van der Waals surface area contributed by atoms with Gasteiger partial charge in [-0.2, -0.15) is 0 Å². The molecule has 1 aromatic heterocycles. The third-order valence-electron chi connectivity index (χ3n) is 3.99. The lowest BCUT2D eigenvalue weighted by Gasteiger charge is -2.38. The Bertz CT molecular complexity index is 325. The molecule has 0 saturated heterocycles. The summed E-state index contributed by atoms with van der Waals surface area (Å²) in [5, 5.41) is 12.2. The maximum absolute atomic E-state index is 10.1. The summed E-state index contributed by atoms with van der Waals surface area (Å²) in [5.41, 5.74) is 0. The second-order valence-electron chi connectivity index (χ2n) is 5.22. The molecule has 0 aromatic carbocycles. The van der Waals surface area contributed by atoms with Gasteiger partial charge in [-0.1, -0.05) is 18.9 Å². The van der Waals surface area contributed by atoms with Gasteiger partial charge in [0.05, 0.1) is 6.10 Å². The van der Waals surface area contributed by atoms with Crippen LogP contribution in [0, 0.1) is 0 Å². The van der Waals surface area contributed by atoms with E-state index in [0.717, 1.165) is 19.3 Å². The Labute approximate surface area is 108 Å². The fourth-order valence-electron chi connectivity index (χ4n) is 2.76. The van der Waals surface area contributed by atoms with Gasteiger partial charge in [-0.25, -0.2) is 0 Å². The number of aliphatic hydroxyl groups is 1. The van der Waals surface area contributed by atoms with Crippen LogP contribution in [-0.2, 0) is 6.42 Å². The van der Waals surface area contributed by atoms with Crippen LogP contribution in [0.1, 0.15) is 37.5 Å². The summed E-state index contributed by atoms with van der Waals surface area (Å²) in [5.74, 6) is 0. The third kappa shape index (κ3) is 3.30. The highest BCUT2D eigenvalue weighted by Crippen LogP contribution is 2.25. The van der Waals surface area contributed by atoms with Gasteiger partial charge in [0.2, 0.25) is 0 Å². The minimum absolute atomic E-state index is 0.125. The molecule has 0 aliphatic heterocycles. The molecule has 1 heterocycles. The van der Waals surface area contributed by atoms with Crippen molar-refractivity contribution in [1.82, 2.24) is 4.90 Å². The lowest BCUT2D eigenvalue weighted by molar-refractivity contribution is 0.0161. The van der Waals surface area contributed by atoms with Crippen LogP contribution < -0.4 is 0 Å². The normalized spacial score (nSPS) is 27.3. The monoisotopic (exact) mass is 253 g/mol. The van der Waals surface area contributed by atoms with E-state index in [4.69, 9.17) is 0 Å². The Morgan fingerprint density at radius 2 is 2.24 bits per heavy atom. The minimum atomic E-state index is -0.125. The second-order valence-corrected chi connectivity index (χ2v) is 6.25. The fourth-order valence-corrected chi connectivity index (χ4v) is 3.58. The van der Waals surface area contributed by atoms with Crippen LogP contribution in [0.2, 0.25) is 0 Å². The second kappa shape index (κ2) is 5.98. The van der Waals surface area contributed by atoms with Crippen LogP contribution in [0.15, 0.2) is 17.5 Å². The number of hydrogen-bond acceptors (Lipinski definition) is 3. The van der Waals surface area contributed by atoms with E-state index in [0.29, 0.717) is 12.1 Å². The molecule has 1 saturated carbocycles. The molecule has 2 nitrogen and oxygen atoms in total. The summed E-state index contributed by atoms with van der Waals surface area (Å²) in [4.78, 5) is 3.82. The van der Waals surface area contributed by atoms with Crippen LogP contribution in [0.4, 0.5) is 0 Å². The van der Waals surface area contributed by atoms with Gasteiger partial charge in [0.15, 0.2) is 0 Å². The van der Waals surface area contributed by atoms with E-state index in [-0.39, 0.29) is 6.10 Å². The molecule has 1 aromatic rings. The molecule has 3 heteroatoms. The van der Waals surface area contributed by atoms with Gasteiger partial charge in [-0.15, -0.1) is 11.3 Å². The maximum Gasteiger partial charge on any atom is 0.0695 e. The van der Waals surface area contributed by atoms with Crippen LogP contribution in [0.3, 0.4) is 0 Å². The molecular weight excluding hydrogens is 230 g/mol. The first-order valence-electron chi connectivity index (χ1n) is 6.61. The average Bonchev–Trinajstić information content (AvgIpc) is 2.81. The molecule has 0 bridgehead atoms. The van der Waals surface area contributed by atoms with Crippen molar-refractivity contribution in [2.45, 2.75) is 57.2 Å². The zero-order valence-electron chi connectivity index (χ0n) is 10.8. The Balaban J connectivity index is 1.91. The van der Waals surface area contributed by atoms with Crippen LogP contribution in [-0.4, -0.2) is 35.2 Å². The van der Waals surface area contributed by atoms with Gasteiger partial charge in [0, 0.05) is 17.0 Å². The predicted octanol–water partition coefficient (Wildman–Crippen LogP) is 2.91. The first-order chi connectivity index (χ1) is 8.18. The average molecular weight is 253 g/mol. The molecule has 96 valence electrons. The quantitative estimate of drug-likeness (QED) is 0.892. The van der Waals surface area contributed by atoms with Gasteiger partial charge in [0.25, 0.3) is 0 Å². The number of nitrogens with zero attached hydrogens (tertiary/aromatic N) is 1. The van der Waals surface area contributed by atoms with Crippen molar-refractivity contribution in [3.8, 4) is 0 Å². The Morgan fingerprint density at radius 1 is 1.47 bits per heavy atom. The molecule has 0 radical (unpaired) electrons. The standard InChI is InChI=1S/C14H23NOS/c1-11(10-12-6-5-9-17-12)15(2)13-7-3-4-8-14(13)16/h5-6,9,11,13-14,16H,3-4,7-8,10H2,1-2H3/t11?,13-,14-/m0/s1. The number of aliphatic hydroxyl groups excluding tert-OH is 1. The zero-order chi connectivity index (χ0) is 12.3. The van der Waals surface area contributed by atoms with Crippen molar-refractivity contribution < 1.29 is 5.11 Å². The SMILES string of the molecule is CC(Cc1cccs1)N(C)[C@H]1CCCC[C@@H]1O. The van der Waals surface area contributed by atoms with Gasteiger partial charge in [0.1, 0.15) is 0 Å². The maximum atomic E-state index is 10.1. The minimum Gasteiger partial charge on any atom is -0.391 e. The molecule has 0 spiro atoms. The summed E-state index contributed by atoms with van der Waals surface area (Å²) in [6.07, 6.45) is 5.53. The molecule has 1 aliphatic carbocycles. The van der Waals surface area contributed by atoms with E-state index in [1.165, 1.54) is 17.7 Å². The van der Waals surface area contributed by atoms with Crippen molar-refractivity contribution in [2.24, 2.45) is 0 Å².